The van der Waals surface area contributed by atoms with Gasteiger partial charge in [-0.2, -0.15) is 0 Å². The van der Waals surface area contributed by atoms with Crippen LogP contribution in [0.2, 0.25) is 0 Å². The maximum Gasteiger partial charge on any atom is 0.236 e. The Labute approximate surface area is 116 Å². The zero-order chi connectivity index (χ0) is 14.2. The summed E-state index contributed by atoms with van der Waals surface area (Å²) in [5.41, 5.74) is 0.959. The summed E-state index contributed by atoms with van der Waals surface area (Å²) in [6.45, 7) is 1.83. The summed E-state index contributed by atoms with van der Waals surface area (Å²) in [4.78, 5) is 12.4. The van der Waals surface area contributed by atoms with Crippen molar-refractivity contribution in [2.75, 3.05) is 12.4 Å². The van der Waals surface area contributed by atoms with Crippen molar-refractivity contribution < 1.29 is 14.1 Å². The van der Waals surface area contributed by atoms with Crippen molar-refractivity contribution in [1.29, 1.82) is 0 Å². The number of nitrogens with one attached hydrogen (secondary N) is 1. The summed E-state index contributed by atoms with van der Waals surface area (Å²) >= 11 is 0. The summed E-state index contributed by atoms with van der Waals surface area (Å²) in [6, 6.07) is 9.10. The van der Waals surface area contributed by atoms with Crippen LogP contribution in [0.5, 0.6) is 5.75 Å². The van der Waals surface area contributed by atoms with E-state index in [2.05, 4.69) is 10.5 Å². The molecule has 0 saturated heterocycles. The number of nitrogens with zero attached hydrogens (tertiary/aromatic N) is 1. The van der Waals surface area contributed by atoms with E-state index in [0.29, 0.717) is 0 Å². The maximum absolute atomic E-state index is 12.4. The van der Waals surface area contributed by atoms with Crippen molar-refractivity contribution in [3.8, 4) is 5.75 Å². The van der Waals surface area contributed by atoms with E-state index < -0.39 is 5.41 Å². The molecule has 1 aliphatic carbocycles. The van der Waals surface area contributed by atoms with Gasteiger partial charge in [-0.3, -0.25) is 4.79 Å². The third-order valence-corrected chi connectivity index (χ3v) is 3.65. The molecule has 0 bridgehead atoms. The summed E-state index contributed by atoms with van der Waals surface area (Å²) < 4.78 is 10.2. The topological polar surface area (TPSA) is 64.4 Å². The monoisotopic (exact) mass is 272 g/mol. The van der Waals surface area contributed by atoms with Gasteiger partial charge in [0.2, 0.25) is 5.91 Å². The van der Waals surface area contributed by atoms with Gasteiger partial charge < -0.3 is 14.6 Å². The lowest BCUT2D eigenvalue weighted by molar-refractivity contribution is -0.118. The Hall–Kier alpha value is -2.30. The predicted molar refractivity (Wildman–Crippen MR) is 73.8 cm³/mol. The largest absolute Gasteiger partial charge is 0.497 e. The van der Waals surface area contributed by atoms with Gasteiger partial charge in [-0.25, -0.2) is 0 Å². The molecule has 0 spiro atoms. The summed E-state index contributed by atoms with van der Waals surface area (Å²) in [5, 5.41) is 6.91. The highest BCUT2D eigenvalue weighted by Crippen LogP contribution is 2.48. The fourth-order valence-electron chi connectivity index (χ4n) is 2.24. The van der Waals surface area contributed by atoms with Crippen molar-refractivity contribution in [3.05, 3.63) is 41.8 Å². The Kier molecular flexibility index (Phi) is 2.97. The van der Waals surface area contributed by atoms with Crippen molar-refractivity contribution in [3.63, 3.8) is 0 Å². The molecule has 0 radical (unpaired) electrons. The van der Waals surface area contributed by atoms with Crippen LogP contribution in [0.3, 0.4) is 0 Å². The van der Waals surface area contributed by atoms with E-state index in [1.54, 1.807) is 7.11 Å². The van der Waals surface area contributed by atoms with Crippen LogP contribution >= 0.6 is 0 Å². The molecule has 0 unspecified atom stereocenters. The van der Waals surface area contributed by atoms with Crippen molar-refractivity contribution >= 4 is 11.6 Å². The van der Waals surface area contributed by atoms with E-state index in [1.807, 2.05) is 37.3 Å². The quantitative estimate of drug-likeness (QED) is 0.929. The average molecular weight is 272 g/mol. The normalized spacial score (nSPS) is 15.7. The molecular formula is C15H16N2O3. The predicted octanol–water partition coefficient (Wildman–Crippen LogP) is 2.66. The lowest BCUT2D eigenvalue weighted by Gasteiger charge is -2.12. The molecule has 1 amide bonds. The van der Waals surface area contributed by atoms with Gasteiger partial charge in [-0.15, -0.1) is 0 Å². The SMILES string of the molecule is COc1ccc(NC(=O)C2(c3cc(C)on3)CC2)cc1. The molecule has 0 atom stereocenters. The zero-order valence-electron chi connectivity index (χ0n) is 11.5. The van der Waals surface area contributed by atoms with Crippen molar-refractivity contribution in [2.24, 2.45) is 0 Å². The molecule has 104 valence electrons. The van der Waals surface area contributed by atoms with Gasteiger partial charge >= 0.3 is 0 Å². The van der Waals surface area contributed by atoms with Gasteiger partial charge in [0.15, 0.2) is 0 Å². The van der Waals surface area contributed by atoms with Crippen LogP contribution in [0, 0.1) is 6.92 Å². The van der Waals surface area contributed by atoms with Crippen LogP contribution in [0.4, 0.5) is 5.69 Å². The van der Waals surface area contributed by atoms with Gasteiger partial charge in [0.1, 0.15) is 11.5 Å². The second-order valence-electron chi connectivity index (χ2n) is 5.09. The van der Waals surface area contributed by atoms with E-state index >= 15 is 0 Å². The fourth-order valence-corrected chi connectivity index (χ4v) is 2.24. The van der Waals surface area contributed by atoms with E-state index in [0.717, 1.165) is 35.7 Å². The van der Waals surface area contributed by atoms with Gasteiger partial charge in [-0.1, -0.05) is 5.16 Å². The smallest absolute Gasteiger partial charge is 0.236 e. The Morgan fingerprint density at radius 1 is 1.35 bits per heavy atom. The number of anilines is 1. The standard InChI is InChI=1S/C15H16N2O3/c1-10-9-13(17-20-10)15(7-8-15)14(18)16-11-3-5-12(19-2)6-4-11/h3-6,9H,7-8H2,1-2H3,(H,16,18). The van der Waals surface area contributed by atoms with E-state index in [9.17, 15) is 4.79 Å². The third kappa shape index (κ3) is 2.15. The zero-order valence-corrected chi connectivity index (χ0v) is 11.5. The molecule has 1 aliphatic rings. The molecule has 3 rings (SSSR count). The Balaban J connectivity index is 1.75. The minimum absolute atomic E-state index is 0.0315. The number of aryl methyl sites for hydroxylation is 1. The number of hydrogen-bond acceptors (Lipinski definition) is 4. The Morgan fingerprint density at radius 3 is 2.55 bits per heavy atom. The molecule has 5 heteroatoms. The fraction of sp³-hybridized carbons (Fsp3) is 0.333. The molecule has 1 heterocycles. The number of aromatic nitrogens is 1. The highest BCUT2D eigenvalue weighted by atomic mass is 16.5. The van der Waals surface area contributed by atoms with E-state index in [4.69, 9.17) is 9.26 Å². The average Bonchev–Trinajstić information content (AvgIpc) is 3.16. The van der Waals surface area contributed by atoms with Gasteiger partial charge in [0.05, 0.1) is 18.2 Å². The van der Waals surface area contributed by atoms with Crippen molar-refractivity contribution in [2.45, 2.75) is 25.2 Å². The second kappa shape index (κ2) is 4.67. The molecule has 1 aromatic carbocycles. The molecule has 1 fully saturated rings. The van der Waals surface area contributed by atoms with Gasteiger partial charge in [0, 0.05) is 11.8 Å². The first kappa shape index (κ1) is 12.7. The number of hydrogen-bond donors (Lipinski definition) is 1. The third-order valence-electron chi connectivity index (χ3n) is 3.65. The van der Waals surface area contributed by atoms with Gasteiger partial charge in [0.25, 0.3) is 0 Å². The van der Waals surface area contributed by atoms with Crippen LogP contribution in [0.15, 0.2) is 34.9 Å². The Morgan fingerprint density at radius 2 is 2.05 bits per heavy atom. The van der Waals surface area contributed by atoms with Crippen LogP contribution in [-0.2, 0) is 10.2 Å². The lowest BCUT2D eigenvalue weighted by atomic mass is 10.0. The first-order valence-corrected chi connectivity index (χ1v) is 6.53. The number of methoxy groups -OCH3 is 1. The maximum atomic E-state index is 12.4. The highest BCUT2D eigenvalue weighted by Gasteiger charge is 2.53. The summed E-state index contributed by atoms with van der Waals surface area (Å²) in [7, 11) is 1.61. The summed E-state index contributed by atoms with van der Waals surface area (Å²) in [5.74, 6) is 1.45. The molecule has 5 nitrogen and oxygen atoms in total. The molecular weight excluding hydrogens is 256 g/mol. The number of amides is 1. The first-order chi connectivity index (χ1) is 9.64. The van der Waals surface area contributed by atoms with Crippen LogP contribution in [0.25, 0.3) is 0 Å². The molecule has 20 heavy (non-hydrogen) atoms. The molecule has 0 aliphatic heterocycles. The second-order valence-corrected chi connectivity index (χ2v) is 5.09. The van der Waals surface area contributed by atoms with E-state index in [-0.39, 0.29) is 5.91 Å². The molecule has 1 aromatic heterocycles. The van der Waals surface area contributed by atoms with Crippen molar-refractivity contribution in [1.82, 2.24) is 5.16 Å². The highest BCUT2D eigenvalue weighted by molar-refractivity contribution is 6.01. The number of ether oxygens (including phenoxy) is 1. The molecule has 1 N–H and O–H groups in total. The Bertz CT molecular complexity index is 627. The van der Waals surface area contributed by atoms with Crippen LogP contribution in [-0.4, -0.2) is 18.2 Å². The lowest BCUT2D eigenvalue weighted by Crippen LogP contribution is -2.28. The van der Waals surface area contributed by atoms with Crippen LogP contribution in [0.1, 0.15) is 24.3 Å². The van der Waals surface area contributed by atoms with Crippen LogP contribution < -0.4 is 10.1 Å². The minimum Gasteiger partial charge on any atom is -0.497 e. The van der Waals surface area contributed by atoms with E-state index in [1.165, 1.54) is 0 Å². The number of carbonyl (C=O) groups excluding carboxylic acids is 1. The van der Waals surface area contributed by atoms with Gasteiger partial charge in [-0.05, 0) is 44.0 Å². The number of benzene rings is 1. The number of rotatable bonds is 4. The molecule has 1 saturated carbocycles. The number of carbonyl (C=O) groups is 1. The minimum atomic E-state index is -0.516. The first-order valence-electron chi connectivity index (χ1n) is 6.53. The molecule has 2 aromatic rings. The summed E-state index contributed by atoms with van der Waals surface area (Å²) in [6.07, 6.45) is 1.61.